The number of hydrogen-bond acceptors (Lipinski definition) is 9. The lowest BCUT2D eigenvalue weighted by Crippen LogP contribution is -2.15. The summed E-state index contributed by atoms with van der Waals surface area (Å²) in [5, 5.41) is 0.582. The maximum absolute atomic E-state index is 12.5. The van der Waals surface area contributed by atoms with Crippen LogP contribution in [-0.2, 0) is 5.75 Å². The highest BCUT2D eigenvalue weighted by Gasteiger charge is 2.16. The van der Waals surface area contributed by atoms with Crippen molar-refractivity contribution in [3.63, 3.8) is 0 Å². The first kappa shape index (κ1) is 22.4. The van der Waals surface area contributed by atoms with Crippen molar-refractivity contribution in [2.45, 2.75) is 31.7 Å². The van der Waals surface area contributed by atoms with Gasteiger partial charge < -0.3 is 18.6 Å². The van der Waals surface area contributed by atoms with Crippen LogP contribution in [0.5, 0.6) is 17.2 Å². The monoisotopic (exact) mass is 442 g/mol. The van der Waals surface area contributed by atoms with Gasteiger partial charge in [-0.3, -0.25) is 4.79 Å². The Morgan fingerprint density at radius 1 is 1.06 bits per heavy atom. The van der Waals surface area contributed by atoms with Crippen LogP contribution in [0.25, 0.3) is 0 Å². The first-order chi connectivity index (χ1) is 15.0. The van der Waals surface area contributed by atoms with Crippen LogP contribution < -0.4 is 19.6 Å². The molecule has 0 aliphatic carbocycles. The molecule has 0 radical (unpaired) electrons. The summed E-state index contributed by atoms with van der Waals surface area (Å²) in [6.07, 6.45) is 2.80. The van der Waals surface area contributed by atoms with Crippen molar-refractivity contribution in [3.8, 4) is 17.2 Å². The van der Waals surface area contributed by atoms with Crippen molar-refractivity contribution in [1.82, 2.24) is 9.97 Å². The van der Waals surface area contributed by atoms with Gasteiger partial charge in [0.25, 0.3) is 0 Å². The molecule has 0 saturated heterocycles. The molecule has 0 amide bonds. The van der Waals surface area contributed by atoms with E-state index in [1.54, 1.807) is 24.4 Å². The Hall–Kier alpha value is -3.33. The molecule has 9 heteroatoms. The molecule has 0 aliphatic rings. The Morgan fingerprint density at radius 2 is 1.84 bits per heavy atom. The predicted octanol–water partition coefficient (Wildman–Crippen LogP) is 4.05. The Morgan fingerprint density at radius 3 is 2.55 bits per heavy atom. The molecule has 162 valence electrons. The summed E-state index contributed by atoms with van der Waals surface area (Å²) in [6, 6.07) is 7.78. The van der Waals surface area contributed by atoms with E-state index in [2.05, 4.69) is 9.97 Å². The van der Waals surface area contributed by atoms with Gasteiger partial charge in [-0.15, -0.1) is 0 Å². The van der Waals surface area contributed by atoms with Gasteiger partial charge in [0.2, 0.25) is 11.2 Å². The van der Waals surface area contributed by atoms with Gasteiger partial charge in [0, 0.05) is 18.0 Å². The third-order valence-electron chi connectivity index (χ3n) is 3.95. The predicted molar refractivity (Wildman–Crippen MR) is 115 cm³/mol. The van der Waals surface area contributed by atoms with Crippen molar-refractivity contribution < 1.29 is 23.4 Å². The summed E-state index contributed by atoms with van der Waals surface area (Å²) >= 11 is 1.34. The van der Waals surface area contributed by atoms with E-state index in [0.717, 1.165) is 12.0 Å². The Balaban J connectivity index is 1.69. The van der Waals surface area contributed by atoms with E-state index in [0.29, 0.717) is 41.4 Å². The molecule has 2 heterocycles. The summed E-state index contributed by atoms with van der Waals surface area (Å²) in [5.41, 5.74) is 0.613. The summed E-state index contributed by atoms with van der Waals surface area (Å²) in [4.78, 5) is 33.3. The van der Waals surface area contributed by atoms with E-state index in [1.807, 2.05) is 20.8 Å². The van der Waals surface area contributed by atoms with Crippen LogP contribution in [0, 0.1) is 6.92 Å². The maximum Gasteiger partial charge on any atom is 0.343 e. The van der Waals surface area contributed by atoms with Crippen LogP contribution in [0.3, 0.4) is 0 Å². The Labute approximate surface area is 183 Å². The summed E-state index contributed by atoms with van der Waals surface area (Å²) in [7, 11) is 0. The van der Waals surface area contributed by atoms with Crippen LogP contribution in [0.2, 0.25) is 0 Å². The Bertz CT molecular complexity index is 1120. The van der Waals surface area contributed by atoms with Crippen molar-refractivity contribution >= 4 is 17.7 Å². The number of nitrogens with zero attached hydrogens (tertiary/aromatic N) is 2. The van der Waals surface area contributed by atoms with Crippen molar-refractivity contribution in [2.75, 3.05) is 13.2 Å². The third-order valence-corrected chi connectivity index (χ3v) is 4.83. The molecular weight excluding hydrogens is 420 g/mol. The topological polar surface area (TPSA) is 101 Å². The van der Waals surface area contributed by atoms with Crippen LogP contribution in [0.15, 0.2) is 57.2 Å². The molecule has 3 aromatic rings. The number of ether oxygens (including phenoxy) is 3. The lowest BCUT2D eigenvalue weighted by atomic mass is 10.2. The molecule has 0 aliphatic heterocycles. The van der Waals surface area contributed by atoms with E-state index in [-0.39, 0.29) is 11.3 Å². The van der Waals surface area contributed by atoms with Crippen molar-refractivity contribution in [2.24, 2.45) is 0 Å². The molecule has 2 aromatic heterocycles. The smallest absolute Gasteiger partial charge is 0.343 e. The number of benzene rings is 1. The molecule has 0 N–H and O–H groups in total. The number of aryl methyl sites for hydroxylation is 1. The maximum atomic E-state index is 12.5. The van der Waals surface area contributed by atoms with Gasteiger partial charge in [0.05, 0.1) is 24.5 Å². The zero-order valence-corrected chi connectivity index (χ0v) is 18.2. The number of carbonyl (C=O) groups excluding carboxylic acids is 1. The molecular formula is C22H22N2O6S. The number of hydrogen-bond donors (Lipinski definition) is 0. The number of thioether (sulfide) groups is 1. The highest BCUT2D eigenvalue weighted by Crippen LogP contribution is 2.29. The molecule has 0 saturated carbocycles. The first-order valence-corrected chi connectivity index (χ1v) is 10.6. The molecule has 0 bridgehead atoms. The molecule has 0 atom stereocenters. The zero-order chi connectivity index (χ0) is 22.2. The highest BCUT2D eigenvalue weighted by atomic mass is 32.2. The second-order valence-electron chi connectivity index (χ2n) is 6.26. The molecule has 3 rings (SSSR count). The average molecular weight is 442 g/mol. The molecule has 0 spiro atoms. The van der Waals surface area contributed by atoms with Gasteiger partial charge >= 0.3 is 5.97 Å². The van der Waals surface area contributed by atoms with Crippen LogP contribution >= 0.6 is 11.8 Å². The lowest BCUT2D eigenvalue weighted by Gasteiger charge is -2.12. The fourth-order valence-corrected chi connectivity index (χ4v) is 3.32. The summed E-state index contributed by atoms with van der Waals surface area (Å²) in [6.45, 7) is 6.43. The standard InChI is InChI=1S/C22H22N2O6S/c1-4-27-18-7-6-15(10-19(18)28-5-2)21(26)30-20-12-29-16(11-17(20)25)13-31-22-23-9-8-14(3)24-22/h6-12H,4-5,13H2,1-3H3. The van der Waals surface area contributed by atoms with Gasteiger partial charge in [-0.1, -0.05) is 11.8 Å². The molecule has 0 fully saturated rings. The largest absolute Gasteiger partial charge is 0.490 e. The zero-order valence-electron chi connectivity index (χ0n) is 17.4. The van der Waals surface area contributed by atoms with Gasteiger partial charge in [-0.25, -0.2) is 14.8 Å². The third kappa shape index (κ3) is 6.08. The van der Waals surface area contributed by atoms with Gasteiger partial charge in [-0.2, -0.15) is 0 Å². The van der Waals surface area contributed by atoms with E-state index in [1.165, 1.54) is 23.9 Å². The highest BCUT2D eigenvalue weighted by molar-refractivity contribution is 7.98. The lowest BCUT2D eigenvalue weighted by molar-refractivity contribution is 0.0728. The van der Waals surface area contributed by atoms with Crippen LogP contribution in [0.4, 0.5) is 0 Å². The second kappa shape index (κ2) is 10.6. The number of rotatable bonds is 9. The molecule has 31 heavy (non-hydrogen) atoms. The minimum atomic E-state index is -0.702. The second-order valence-corrected chi connectivity index (χ2v) is 7.20. The molecule has 1 aromatic carbocycles. The minimum absolute atomic E-state index is 0.197. The molecule has 0 unspecified atom stereocenters. The summed E-state index contributed by atoms with van der Waals surface area (Å²) in [5.74, 6) is 0.837. The summed E-state index contributed by atoms with van der Waals surface area (Å²) < 4.78 is 21.7. The fourth-order valence-electron chi connectivity index (χ4n) is 2.56. The van der Waals surface area contributed by atoms with E-state index < -0.39 is 11.4 Å². The number of esters is 1. The van der Waals surface area contributed by atoms with E-state index in [9.17, 15) is 9.59 Å². The van der Waals surface area contributed by atoms with Crippen molar-refractivity contribution in [1.29, 1.82) is 0 Å². The van der Waals surface area contributed by atoms with Gasteiger partial charge in [0.1, 0.15) is 12.0 Å². The van der Waals surface area contributed by atoms with Crippen LogP contribution in [0.1, 0.15) is 35.7 Å². The first-order valence-electron chi connectivity index (χ1n) is 9.66. The number of aromatic nitrogens is 2. The Kier molecular flexibility index (Phi) is 7.66. The fraction of sp³-hybridized carbons (Fsp3) is 0.273. The van der Waals surface area contributed by atoms with E-state index >= 15 is 0 Å². The quantitative estimate of drug-likeness (QED) is 0.276. The minimum Gasteiger partial charge on any atom is -0.490 e. The normalized spacial score (nSPS) is 10.5. The average Bonchev–Trinajstić information content (AvgIpc) is 2.75. The van der Waals surface area contributed by atoms with Gasteiger partial charge in [-0.05, 0) is 45.0 Å². The van der Waals surface area contributed by atoms with Gasteiger partial charge in [0.15, 0.2) is 16.7 Å². The van der Waals surface area contributed by atoms with Crippen molar-refractivity contribution in [3.05, 3.63) is 70.0 Å². The number of carbonyl (C=O) groups is 1. The molecule has 8 nitrogen and oxygen atoms in total. The van der Waals surface area contributed by atoms with E-state index in [4.69, 9.17) is 18.6 Å². The SMILES string of the molecule is CCOc1ccc(C(=O)Oc2coc(CSc3nccc(C)n3)cc2=O)cc1OCC. The van der Waals surface area contributed by atoms with Crippen LogP contribution in [-0.4, -0.2) is 29.2 Å².